The zero-order chi connectivity index (χ0) is 8.20. The molecule has 10 heavy (non-hydrogen) atoms. The highest BCUT2D eigenvalue weighted by Gasteiger charge is 2.31. The fraction of sp³-hybridized carbons (Fsp3) is 0.857. The Hall–Kier alpha value is -0.410. The minimum absolute atomic E-state index is 0.0278. The maximum absolute atomic E-state index is 10.4. The van der Waals surface area contributed by atoms with Crippen molar-refractivity contribution < 1.29 is 15.0 Å². The summed E-state index contributed by atoms with van der Waals surface area (Å²) in [6.45, 7) is 3.01. The number of aldehydes is 1. The molecule has 0 radical (unpaired) electrons. The summed E-state index contributed by atoms with van der Waals surface area (Å²) in [7, 11) is 0. The molecule has 0 aliphatic heterocycles. The van der Waals surface area contributed by atoms with Gasteiger partial charge in [0.05, 0.1) is 18.6 Å². The number of carbonyl (C=O) groups is 1. The van der Waals surface area contributed by atoms with Crippen molar-refractivity contribution in [1.82, 2.24) is 0 Å². The average molecular weight is 146 g/mol. The van der Waals surface area contributed by atoms with Crippen LogP contribution in [0.3, 0.4) is 0 Å². The van der Waals surface area contributed by atoms with Crippen LogP contribution in [0.5, 0.6) is 0 Å². The molecule has 0 aromatic carbocycles. The van der Waals surface area contributed by atoms with Crippen LogP contribution in [0, 0.1) is 11.3 Å². The third-order valence-electron chi connectivity index (χ3n) is 1.97. The Morgan fingerprint density at radius 3 is 1.80 bits per heavy atom. The highest BCUT2D eigenvalue weighted by molar-refractivity contribution is 5.60. The number of aliphatic hydroxyl groups excluding tert-OH is 2. The van der Waals surface area contributed by atoms with Crippen molar-refractivity contribution in [2.45, 2.75) is 13.8 Å². The molecule has 0 bridgehead atoms. The highest BCUT2D eigenvalue weighted by atomic mass is 16.3. The Balaban J connectivity index is 4.30. The van der Waals surface area contributed by atoms with Gasteiger partial charge in [-0.05, 0) is 5.92 Å². The molecule has 0 saturated carbocycles. The Morgan fingerprint density at radius 2 is 1.80 bits per heavy atom. The van der Waals surface area contributed by atoms with Crippen LogP contribution in [-0.4, -0.2) is 29.7 Å². The van der Waals surface area contributed by atoms with Crippen molar-refractivity contribution in [3.63, 3.8) is 0 Å². The predicted molar refractivity (Wildman–Crippen MR) is 37.5 cm³/mol. The number of rotatable bonds is 4. The van der Waals surface area contributed by atoms with E-state index >= 15 is 0 Å². The molecule has 0 heterocycles. The molecular formula is C7H14O3. The zero-order valence-electron chi connectivity index (χ0n) is 6.37. The SMILES string of the molecule is CC(C)C(C=O)(CO)CO. The van der Waals surface area contributed by atoms with Gasteiger partial charge in [-0.2, -0.15) is 0 Å². The van der Waals surface area contributed by atoms with Gasteiger partial charge >= 0.3 is 0 Å². The molecule has 0 aliphatic rings. The first-order chi connectivity index (χ1) is 4.63. The lowest BCUT2D eigenvalue weighted by Gasteiger charge is -2.26. The van der Waals surface area contributed by atoms with Crippen molar-refractivity contribution in [2.24, 2.45) is 11.3 Å². The summed E-state index contributed by atoms with van der Waals surface area (Å²) in [5.74, 6) is -0.0278. The van der Waals surface area contributed by atoms with Gasteiger partial charge in [0, 0.05) is 0 Å². The van der Waals surface area contributed by atoms with E-state index in [4.69, 9.17) is 10.2 Å². The molecule has 0 aliphatic carbocycles. The molecule has 0 atom stereocenters. The van der Waals surface area contributed by atoms with Crippen LogP contribution < -0.4 is 0 Å². The van der Waals surface area contributed by atoms with Crippen LogP contribution in [0.2, 0.25) is 0 Å². The lowest BCUT2D eigenvalue weighted by atomic mass is 9.80. The van der Waals surface area contributed by atoms with Crippen LogP contribution in [0.1, 0.15) is 13.8 Å². The van der Waals surface area contributed by atoms with E-state index < -0.39 is 5.41 Å². The summed E-state index contributed by atoms with van der Waals surface area (Å²) < 4.78 is 0. The van der Waals surface area contributed by atoms with Crippen molar-refractivity contribution in [3.05, 3.63) is 0 Å². The Labute approximate surface area is 60.7 Å². The van der Waals surface area contributed by atoms with E-state index in [1.54, 1.807) is 13.8 Å². The van der Waals surface area contributed by atoms with Gasteiger partial charge in [-0.25, -0.2) is 0 Å². The van der Waals surface area contributed by atoms with E-state index in [1.165, 1.54) is 0 Å². The van der Waals surface area contributed by atoms with Crippen molar-refractivity contribution >= 4 is 6.29 Å². The second-order valence-corrected chi connectivity index (χ2v) is 2.82. The van der Waals surface area contributed by atoms with Crippen LogP contribution >= 0.6 is 0 Å². The van der Waals surface area contributed by atoms with E-state index in [0.29, 0.717) is 6.29 Å². The third-order valence-corrected chi connectivity index (χ3v) is 1.97. The number of hydrogen-bond acceptors (Lipinski definition) is 3. The monoisotopic (exact) mass is 146 g/mol. The molecule has 3 heteroatoms. The molecule has 0 fully saturated rings. The van der Waals surface area contributed by atoms with E-state index in [-0.39, 0.29) is 19.1 Å². The summed E-state index contributed by atoms with van der Waals surface area (Å²) in [5, 5.41) is 17.5. The second-order valence-electron chi connectivity index (χ2n) is 2.82. The molecule has 60 valence electrons. The molecule has 0 saturated heterocycles. The summed E-state index contributed by atoms with van der Waals surface area (Å²) >= 11 is 0. The zero-order valence-corrected chi connectivity index (χ0v) is 6.37. The maximum Gasteiger partial charge on any atom is 0.131 e. The smallest absolute Gasteiger partial charge is 0.131 e. The van der Waals surface area contributed by atoms with Crippen LogP contribution in [0.15, 0.2) is 0 Å². The molecule has 3 nitrogen and oxygen atoms in total. The van der Waals surface area contributed by atoms with Gasteiger partial charge < -0.3 is 15.0 Å². The van der Waals surface area contributed by atoms with Crippen molar-refractivity contribution in [1.29, 1.82) is 0 Å². The standard InChI is InChI=1S/C7H14O3/c1-6(2)7(3-8,4-9)5-10/h3,6,9-10H,4-5H2,1-2H3. The van der Waals surface area contributed by atoms with Crippen molar-refractivity contribution in [2.75, 3.05) is 13.2 Å². The van der Waals surface area contributed by atoms with Gasteiger partial charge in [0.15, 0.2) is 0 Å². The summed E-state index contributed by atoms with van der Waals surface area (Å²) in [6, 6.07) is 0. The fourth-order valence-corrected chi connectivity index (χ4v) is 0.626. The molecular weight excluding hydrogens is 132 g/mol. The largest absolute Gasteiger partial charge is 0.395 e. The lowest BCUT2D eigenvalue weighted by molar-refractivity contribution is -0.124. The van der Waals surface area contributed by atoms with Gasteiger partial charge in [-0.1, -0.05) is 13.8 Å². The molecule has 0 aromatic rings. The maximum atomic E-state index is 10.4. The summed E-state index contributed by atoms with van der Waals surface area (Å²) in [4.78, 5) is 10.4. The lowest BCUT2D eigenvalue weighted by Crippen LogP contribution is -2.36. The van der Waals surface area contributed by atoms with E-state index in [2.05, 4.69) is 0 Å². The van der Waals surface area contributed by atoms with Crippen LogP contribution in [0.25, 0.3) is 0 Å². The van der Waals surface area contributed by atoms with E-state index in [1.807, 2.05) is 0 Å². The number of hydrogen-bond donors (Lipinski definition) is 2. The highest BCUT2D eigenvalue weighted by Crippen LogP contribution is 2.22. The van der Waals surface area contributed by atoms with E-state index in [0.717, 1.165) is 0 Å². The minimum Gasteiger partial charge on any atom is -0.395 e. The normalized spacial score (nSPS) is 12.1. The Kier molecular flexibility index (Phi) is 3.53. The summed E-state index contributed by atoms with van der Waals surface area (Å²) in [5.41, 5.74) is -0.944. The molecule has 0 unspecified atom stereocenters. The molecule has 0 aromatic heterocycles. The van der Waals surface area contributed by atoms with Gasteiger partial charge in [-0.3, -0.25) is 0 Å². The fourth-order valence-electron chi connectivity index (χ4n) is 0.626. The Bertz CT molecular complexity index is 105. The first kappa shape index (κ1) is 9.59. The third kappa shape index (κ3) is 1.55. The first-order valence-electron chi connectivity index (χ1n) is 3.31. The molecule has 2 N–H and O–H groups in total. The summed E-state index contributed by atoms with van der Waals surface area (Å²) in [6.07, 6.45) is 0.623. The quantitative estimate of drug-likeness (QED) is 0.540. The van der Waals surface area contributed by atoms with Crippen molar-refractivity contribution in [3.8, 4) is 0 Å². The minimum atomic E-state index is -0.944. The van der Waals surface area contributed by atoms with Gasteiger partial charge in [0.1, 0.15) is 6.29 Å². The van der Waals surface area contributed by atoms with Gasteiger partial charge in [0.25, 0.3) is 0 Å². The van der Waals surface area contributed by atoms with Gasteiger partial charge in [-0.15, -0.1) is 0 Å². The van der Waals surface area contributed by atoms with E-state index in [9.17, 15) is 4.79 Å². The van der Waals surface area contributed by atoms with Gasteiger partial charge in [0.2, 0.25) is 0 Å². The first-order valence-corrected chi connectivity index (χ1v) is 3.31. The van der Waals surface area contributed by atoms with Crippen LogP contribution in [0.4, 0.5) is 0 Å². The topological polar surface area (TPSA) is 57.5 Å². The second kappa shape index (κ2) is 3.68. The molecule has 0 spiro atoms. The number of aliphatic hydroxyl groups is 2. The Morgan fingerprint density at radius 1 is 1.40 bits per heavy atom. The number of carbonyl (C=O) groups excluding carboxylic acids is 1. The van der Waals surface area contributed by atoms with Crippen LogP contribution in [-0.2, 0) is 4.79 Å². The molecule has 0 amide bonds. The molecule has 0 rings (SSSR count). The average Bonchev–Trinajstić information content (AvgIpc) is 1.92. The predicted octanol–water partition coefficient (Wildman–Crippen LogP) is -0.188.